The normalized spacial score (nSPS) is 10.9. The number of nitrogens with one attached hydrogen (secondary N) is 1. The maximum Gasteiger partial charge on any atom is 0.271 e. The smallest absolute Gasteiger partial charge is 0.271 e. The Bertz CT molecular complexity index is 847. The Morgan fingerprint density at radius 2 is 1.95 bits per heavy atom. The maximum absolute atomic E-state index is 11.8. The van der Waals surface area contributed by atoms with Crippen LogP contribution in [0.3, 0.4) is 0 Å². The second-order valence-corrected chi connectivity index (χ2v) is 4.51. The van der Waals surface area contributed by atoms with Gasteiger partial charge in [0.15, 0.2) is 0 Å². The van der Waals surface area contributed by atoms with Crippen molar-refractivity contribution in [3.05, 3.63) is 66.1 Å². The van der Waals surface area contributed by atoms with Crippen molar-refractivity contribution in [1.82, 2.24) is 15.4 Å². The molecule has 2 heterocycles. The summed E-state index contributed by atoms with van der Waals surface area (Å²) in [7, 11) is 0. The van der Waals surface area contributed by atoms with Gasteiger partial charge in [-0.25, -0.2) is 5.43 Å². The molecule has 3 aromatic rings. The first-order chi connectivity index (χ1) is 10.8. The molecule has 6 heteroatoms. The SMILES string of the molecule is O=C(NN=Cc1ccc(O)c2ncccc12)c1ccncc1. The topological polar surface area (TPSA) is 87.5 Å². The maximum atomic E-state index is 11.8. The zero-order valence-electron chi connectivity index (χ0n) is 11.5. The molecule has 1 aromatic carbocycles. The van der Waals surface area contributed by atoms with E-state index in [0.29, 0.717) is 11.1 Å². The Morgan fingerprint density at radius 1 is 1.14 bits per heavy atom. The van der Waals surface area contributed by atoms with Gasteiger partial charge in [0, 0.05) is 35.1 Å². The summed E-state index contributed by atoms with van der Waals surface area (Å²) < 4.78 is 0. The van der Waals surface area contributed by atoms with E-state index in [0.717, 1.165) is 10.9 Å². The van der Waals surface area contributed by atoms with Crippen LogP contribution in [0.4, 0.5) is 0 Å². The molecular formula is C16H12N4O2. The van der Waals surface area contributed by atoms with Gasteiger partial charge < -0.3 is 5.11 Å². The number of pyridine rings is 2. The molecule has 3 rings (SSSR count). The van der Waals surface area contributed by atoms with E-state index >= 15 is 0 Å². The van der Waals surface area contributed by atoms with Crippen LogP contribution < -0.4 is 5.43 Å². The molecule has 0 aliphatic carbocycles. The van der Waals surface area contributed by atoms with Crippen LogP contribution in [0.25, 0.3) is 10.9 Å². The van der Waals surface area contributed by atoms with Crippen molar-refractivity contribution in [1.29, 1.82) is 0 Å². The van der Waals surface area contributed by atoms with E-state index in [4.69, 9.17) is 0 Å². The zero-order valence-corrected chi connectivity index (χ0v) is 11.5. The van der Waals surface area contributed by atoms with Crippen LogP contribution in [0, 0.1) is 0 Å². The lowest BCUT2D eigenvalue weighted by molar-refractivity contribution is 0.0955. The van der Waals surface area contributed by atoms with E-state index in [2.05, 4.69) is 20.5 Å². The highest BCUT2D eigenvalue weighted by molar-refractivity contribution is 6.01. The third-order valence-electron chi connectivity index (χ3n) is 3.09. The third kappa shape index (κ3) is 2.76. The molecule has 108 valence electrons. The zero-order chi connectivity index (χ0) is 15.4. The number of phenols is 1. The summed E-state index contributed by atoms with van der Waals surface area (Å²) in [5.41, 5.74) is 4.16. The number of hydrogen-bond acceptors (Lipinski definition) is 5. The molecule has 0 fully saturated rings. The minimum absolute atomic E-state index is 0.105. The van der Waals surface area contributed by atoms with Gasteiger partial charge in [0.2, 0.25) is 0 Å². The number of fused-ring (bicyclic) bond motifs is 1. The first-order valence-corrected chi connectivity index (χ1v) is 6.56. The number of nitrogens with zero attached hydrogens (tertiary/aromatic N) is 3. The molecule has 2 N–H and O–H groups in total. The average molecular weight is 292 g/mol. The van der Waals surface area contributed by atoms with Crippen LogP contribution in [0.2, 0.25) is 0 Å². The Balaban J connectivity index is 1.82. The predicted molar refractivity (Wildman–Crippen MR) is 82.7 cm³/mol. The van der Waals surface area contributed by atoms with Gasteiger partial charge in [0.1, 0.15) is 11.3 Å². The van der Waals surface area contributed by atoms with Gasteiger partial charge in [-0.2, -0.15) is 5.10 Å². The second-order valence-electron chi connectivity index (χ2n) is 4.51. The van der Waals surface area contributed by atoms with Gasteiger partial charge >= 0.3 is 0 Å². The minimum Gasteiger partial charge on any atom is -0.506 e. The number of rotatable bonds is 3. The highest BCUT2D eigenvalue weighted by atomic mass is 16.3. The number of aromatic nitrogens is 2. The van der Waals surface area contributed by atoms with Gasteiger partial charge in [0.05, 0.1) is 6.21 Å². The van der Waals surface area contributed by atoms with Crippen LogP contribution in [0.1, 0.15) is 15.9 Å². The molecule has 6 nitrogen and oxygen atoms in total. The molecule has 0 radical (unpaired) electrons. The first-order valence-electron chi connectivity index (χ1n) is 6.56. The van der Waals surface area contributed by atoms with Crippen molar-refractivity contribution in [2.45, 2.75) is 0 Å². The molecule has 0 bridgehead atoms. The summed E-state index contributed by atoms with van der Waals surface area (Å²) in [4.78, 5) is 19.8. The lowest BCUT2D eigenvalue weighted by Gasteiger charge is -2.03. The highest BCUT2D eigenvalue weighted by Crippen LogP contribution is 2.24. The highest BCUT2D eigenvalue weighted by Gasteiger charge is 2.05. The molecular weight excluding hydrogens is 280 g/mol. The number of benzene rings is 1. The van der Waals surface area contributed by atoms with Crippen LogP contribution >= 0.6 is 0 Å². The Labute approximate surface area is 126 Å². The summed E-state index contributed by atoms with van der Waals surface area (Å²) in [6.07, 6.45) is 6.20. The Hall–Kier alpha value is -3.28. The van der Waals surface area contributed by atoms with Crippen LogP contribution in [-0.2, 0) is 0 Å². The molecule has 22 heavy (non-hydrogen) atoms. The fraction of sp³-hybridized carbons (Fsp3) is 0. The predicted octanol–water partition coefficient (Wildman–Crippen LogP) is 2.10. The van der Waals surface area contributed by atoms with E-state index in [9.17, 15) is 9.90 Å². The molecule has 0 atom stereocenters. The summed E-state index contributed by atoms with van der Waals surface area (Å²) in [6, 6.07) is 10.1. The molecule has 0 unspecified atom stereocenters. The van der Waals surface area contributed by atoms with Crippen molar-refractivity contribution in [3.8, 4) is 5.75 Å². The molecule has 0 spiro atoms. The number of hydrazone groups is 1. The fourth-order valence-corrected chi connectivity index (χ4v) is 2.02. The molecule has 0 aliphatic heterocycles. The van der Waals surface area contributed by atoms with Crippen molar-refractivity contribution in [2.75, 3.05) is 0 Å². The number of aromatic hydroxyl groups is 1. The van der Waals surface area contributed by atoms with E-state index in [1.165, 1.54) is 18.6 Å². The van der Waals surface area contributed by atoms with Crippen LogP contribution in [0.15, 0.2) is 60.1 Å². The second kappa shape index (κ2) is 6.01. The van der Waals surface area contributed by atoms with E-state index in [1.807, 2.05) is 6.07 Å². The molecule has 0 saturated heterocycles. The summed E-state index contributed by atoms with van der Waals surface area (Å²) in [5.74, 6) is -0.214. The van der Waals surface area contributed by atoms with Gasteiger partial charge in [-0.05, 0) is 30.3 Å². The van der Waals surface area contributed by atoms with Crippen molar-refractivity contribution in [2.24, 2.45) is 5.10 Å². The Morgan fingerprint density at radius 3 is 2.77 bits per heavy atom. The molecule has 0 aliphatic rings. The molecule has 2 aromatic heterocycles. The minimum atomic E-state index is -0.320. The van der Waals surface area contributed by atoms with E-state index in [1.54, 1.807) is 36.5 Å². The van der Waals surface area contributed by atoms with Gasteiger partial charge in [-0.1, -0.05) is 6.07 Å². The summed E-state index contributed by atoms with van der Waals surface area (Å²) >= 11 is 0. The Kier molecular flexibility index (Phi) is 3.74. The van der Waals surface area contributed by atoms with Crippen LogP contribution in [0.5, 0.6) is 5.75 Å². The lowest BCUT2D eigenvalue weighted by atomic mass is 10.1. The lowest BCUT2D eigenvalue weighted by Crippen LogP contribution is -2.17. The summed E-state index contributed by atoms with van der Waals surface area (Å²) in [5, 5.41) is 14.5. The van der Waals surface area contributed by atoms with Crippen molar-refractivity contribution in [3.63, 3.8) is 0 Å². The number of amides is 1. The standard InChI is InChI=1S/C16H12N4O2/c21-14-4-3-12(13-2-1-7-18-15(13)14)10-19-20-16(22)11-5-8-17-9-6-11/h1-10,21H,(H,20,22). The fourth-order valence-electron chi connectivity index (χ4n) is 2.02. The first kappa shape index (κ1) is 13.7. The van der Waals surface area contributed by atoms with Gasteiger partial charge in [-0.15, -0.1) is 0 Å². The van der Waals surface area contributed by atoms with Crippen LogP contribution in [-0.4, -0.2) is 27.2 Å². The molecule has 0 saturated carbocycles. The van der Waals surface area contributed by atoms with Gasteiger partial charge in [-0.3, -0.25) is 14.8 Å². The monoisotopic (exact) mass is 292 g/mol. The molecule has 1 amide bonds. The number of phenolic OH excluding ortho intramolecular Hbond substituents is 1. The van der Waals surface area contributed by atoms with Crippen molar-refractivity contribution < 1.29 is 9.90 Å². The quantitative estimate of drug-likeness (QED) is 0.571. The number of carbonyl (C=O) groups is 1. The van der Waals surface area contributed by atoms with E-state index in [-0.39, 0.29) is 11.7 Å². The number of hydrogen-bond donors (Lipinski definition) is 2. The largest absolute Gasteiger partial charge is 0.506 e. The van der Waals surface area contributed by atoms with Gasteiger partial charge in [0.25, 0.3) is 5.91 Å². The van der Waals surface area contributed by atoms with E-state index < -0.39 is 0 Å². The third-order valence-corrected chi connectivity index (χ3v) is 3.09. The van der Waals surface area contributed by atoms with Crippen molar-refractivity contribution >= 4 is 23.0 Å². The number of carbonyl (C=O) groups excluding carboxylic acids is 1. The summed E-state index contributed by atoms with van der Waals surface area (Å²) in [6.45, 7) is 0. The average Bonchev–Trinajstić information content (AvgIpc) is 2.58.